The van der Waals surface area contributed by atoms with E-state index in [1.165, 1.54) is 0 Å². The van der Waals surface area contributed by atoms with Gasteiger partial charge >= 0.3 is 8.80 Å². The van der Waals surface area contributed by atoms with Crippen molar-refractivity contribution in [3.8, 4) is 5.75 Å². The largest absolute Gasteiger partial charge is 0.537 e. The molecule has 2 aromatic rings. The molecular formula is C18H26O5Si. The fraction of sp³-hybridized carbons (Fsp3) is 0.444. The van der Waals surface area contributed by atoms with Gasteiger partial charge in [-0.25, -0.2) is 0 Å². The van der Waals surface area contributed by atoms with E-state index < -0.39 is 8.80 Å². The zero-order chi connectivity index (χ0) is 17.4. The Morgan fingerprint density at radius 3 is 1.96 bits per heavy atom. The van der Waals surface area contributed by atoms with Gasteiger partial charge in [-0.05, 0) is 49.7 Å². The molecule has 0 saturated heterocycles. The standard InChI is InChI=1S/C18H26O5Si/c1-5-21-24(22-6-2,23-7-3)18-11-9-15-12-17(20-14-19-4)10-8-16(15)13-18/h8-13H,5-7,14H2,1-4H3. The highest BCUT2D eigenvalue weighted by Crippen LogP contribution is 2.22. The summed E-state index contributed by atoms with van der Waals surface area (Å²) in [6, 6.07) is 12.1. The molecule has 5 nitrogen and oxygen atoms in total. The Kier molecular flexibility index (Phi) is 7.20. The molecule has 0 unspecified atom stereocenters. The van der Waals surface area contributed by atoms with Crippen molar-refractivity contribution >= 4 is 24.8 Å². The van der Waals surface area contributed by atoms with Gasteiger partial charge < -0.3 is 22.8 Å². The van der Waals surface area contributed by atoms with Crippen LogP contribution in [0.25, 0.3) is 10.8 Å². The van der Waals surface area contributed by atoms with Gasteiger partial charge in [0.05, 0.1) is 0 Å². The van der Waals surface area contributed by atoms with Crippen LogP contribution >= 0.6 is 0 Å². The van der Waals surface area contributed by atoms with Crippen LogP contribution in [-0.2, 0) is 18.0 Å². The average molecular weight is 350 g/mol. The Bertz CT molecular complexity index is 629. The van der Waals surface area contributed by atoms with Gasteiger partial charge in [0.2, 0.25) is 0 Å². The number of benzene rings is 2. The summed E-state index contributed by atoms with van der Waals surface area (Å²) in [5.41, 5.74) is 0. The molecule has 0 aliphatic carbocycles. The zero-order valence-corrected chi connectivity index (χ0v) is 15.8. The second kappa shape index (κ2) is 9.15. The Labute approximate surface area is 144 Å². The molecule has 0 radical (unpaired) electrons. The summed E-state index contributed by atoms with van der Waals surface area (Å²) in [6.45, 7) is 7.76. The van der Waals surface area contributed by atoms with E-state index in [4.69, 9.17) is 22.8 Å². The van der Waals surface area contributed by atoms with E-state index in [0.29, 0.717) is 19.8 Å². The Balaban J connectivity index is 2.39. The normalized spacial score (nSPS) is 11.8. The molecule has 0 aliphatic rings. The molecule has 0 aromatic heterocycles. The lowest BCUT2D eigenvalue weighted by molar-refractivity contribution is 0.0512. The highest BCUT2D eigenvalue weighted by Gasteiger charge is 2.43. The number of ether oxygens (including phenoxy) is 2. The number of hydrogen-bond donors (Lipinski definition) is 0. The predicted octanol–water partition coefficient (Wildman–Crippen LogP) is 3.08. The third kappa shape index (κ3) is 4.34. The van der Waals surface area contributed by atoms with Crippen molar-refractivity contribution in [3.63, 3.8) is 0 Å². The first-order chi connectivity index (χ1) is 11.7. The van der Waals surface area contributed by atoms with Crippen LogP contribution in [0.4, 0.5) is 0 Å². The van der Waals surface area contributed by atoms with E-state index in [9.17, 15) is 0 Å². The quantitative estimate of drug-likeness (QED) is 0.487. The van der Waals surface area contributed by atoms with Gasteiger partial charge in [0.25, 0.3) is 0 Å². The maximum Gasteiger partial charge on any atom is 0.537 e. The molecule has 0 aliphatic heterocycles. The third-order valence-electron chi connectivity index (χ3n) is 3.51. The first-order valence-corrected chi connectivity index (χ1v) is 9.99. The van der Waals surface area contributed by atoms with Crippen LogP contribution in [0.3, 0.4) is 0 Å². The minimum absolute atomic E-state index is 0.235. The summed E-state index contributed by atoms with van der Waals surface area (Å²) in [4.78, 5) is 0. The number of methoxy groups -OCH3 is 1. The van der Waals surface area contributed by atoms with Crippen molar-refractivity contribution in [2.45, 2.75) is 20.8 Å². The molecule has 0 fully saturated rings. The molecule has 0 amide bonds. The Morgan fingerprint density at radius 2 is 1.38 bits per heavy atom. The van der Waals surface area contributed by atoms with Crippen molar-refractivity contribution < 1.29 is 22.8 Å². The lowest BCUT2D eigenvalue weighted by Crippen LogP contribution is -2.56. The van der Waals surface area contributed by atoms with Gasteiger partial charge in [-0.1, -0.05) is 18.2 Å². The number of rotatable bonds is 10. The van der Waals surface area contributed by atoms with Crippen LogP contribution < -0.4 is 9.92 Å². The van der Waals surface area contributed by atoms with Crippen LogP contribution in [-0.4, -0.2) is 42.5 Å². The molecule has 0 N–H and O–H groups in total. The van der Waals surface area contributed by atoms with Crippen molar-refractivity contribution in [3.05, 3.63) is 36.4 Å². The van der Waals surface area contributed by atoms with Gasteiger partial charge in [0.15, 0.2) is 6.79 Å². The molecular weight excluding hydrogens is 324 g/mol. The lowest BCUT2D eigenvalue weighted by atomic mass is 10.1. The Hall–Kier alpha value is -1.44. The van der Waals surface area contributed by atoms with Gasteiger partial charge in [0.1, 0.15) is 5.75 Å². The SMILES string of the molecule is CCO[Si](OCC)(OCC)c1ccc2cc(OCOC)ccc2c1. The van der Waals surface area contributed by atoms with Crippen LogP contribution in [0.5, 0.6) is 5.75 Å². The molecule has 132 valence electrons. The maximum absolute atomic E-state index is 5.98. The predicted molar refractivity (Wildman–Crippen MR) is 96.7 cm³/mol. The van der Waals surface area contributed by atoms with E-state index >= 15 is 0 Å². The summed E-state index contributed by atoms with van der Waals surface area (Å²) in [5, 5.41) is 3.15. The molecule has 0 bridgehead atoms. The zero-order valence-electron chi connectivity index (χ0n) is 14.8. The van der Waals surface area contributed by atoms with E-state index in [-0.39, 0.29) is 6.79 Å². The highest BCUT2D eigenvalue weighted by molar-refractivity contribution is 6.75. The molecule has 24 heavy (non-hydrogen) atoms. The second-order valence-electron chi connectivity index (χ2n) is 5.13. The van der Waals surface area contributed by atoms with Crippen molar-refractivity contribution in [1.82, 2.24) is 0 Å². The average Bonchev–Trinajstić information content (AvgIpc) is 2.60. The van der Waals surface area contributed by atoms with Crippen molar-refractivity contribution in [2.24, 2.45) is 0 Å². The monoisotopic (exact) mass is 350 g/mol. The van der Waals surface area contributed by atoms with Crippen molar-refractivity contribution in [1.29, 1.82) is 0 Å². The lowest BCUT2D eigenvalue weighted by Gasteiger charge is -2.28. The Morgan fingerprint density at radius 1 is 0.792 bits per heavy atom. The van der Waals surface area contributed by atoms with Crippen LogP contribution in [0.15, 0.2) is 36.4 Å². The molecule has 2 aromatic carbocycles. The first-order valence-electron chi connectivity index (χ1n) is 8.27. The molecule has 2 rings (SSSR count). The molecule has 0 saturated carbocycles. The molecule has 0 heterocycles. The summed E-state index contributed by atoms with van der Waals surface area (Å²) in [7, 11) is -1.27. The summed E-state index contributed by atoms with van der Waals surface area (Å²) >= 11 is 0. The fourth-order valence-electron chi connectivity index (χ4n) is 2.58. The summed E-state index contributed by atoms with van der Waals surface area (Å²) in [5.74, 6) is 0.778. The van der Waals surface area contributed by atoms with E-state index in [1.54, 1.807) is 7.11 Å². The number of hydrogen-bond acceptors (Lipinski definition) is 5. The maximum atomic E-state index is 5.98. The molecule has 0 spiro atoms. The fourth-order valence-corrected chi connectivity index (χ4v) is 5.09. The van der Waals surface area contributed by atoms with Gasteiger partial charge in [-0.2, -0.15) is 0 Å². The van der Waals surface area contributed by atoms with E-state index in [1.807, 2.05) is 51.1 Å². The minimum Gasteiger partial charge on any atom is -0.468 e. The van der Waals surface area contributed by atoms with Crippen LogP contribution in [0, 0.1) is 0 Å². The van der Waals surface area contributed by atoms with Gasteiger partial charge in [-0.15, -0.1) is 0 Å². The second-order valence-corrected chi connectivity index (χ2v) is 7.69. The van der Waals surface area contributed by atoms with Crippen molar-refractivity contribution in [2.75, 3.05) is 33.7 Å². The summed E-state index contributed by atoms with van der Waals surface area (Å²) < 4.78 is 28.4. The van der Waals surface area contributed by atoms with Gasteiger partial charge in [-0.3, -0.25) is 0 Å². The molecule has 6 heteroatoms. The molecule has 0 atom stereocenters. The number of fused-ring (bicyclic) bond motifs is 1. The minimum atomic E-state index is -2.87. The topological polar surface area (TPSA) is 46.2 Å². The van der Waals surface area contributed by atoms with E-state index in [0.717, 1.165) is 21.7 Å². The van der Waals surface area contributed by atoms with Crippen LogP contribution in [0.2, 0.25) is 0 Å². The van der Waals surface area contributed by atoms with Gasteiger partial charge in [0, 0.05) is 32.1 Å². The third-order valence-corrected chi connectivity index (χ3v) is 6.54. The smallest absolute Gasteiger partial charge is 0.468 e. The van der Waals surface area contributed by atoms with E-state index in [2.05, 4.69) is 6.07 Å². The highest BCUT2D eigenvalue weighted by atomic mass is 28.4. The summed E-state index contributed by atoms with van der Waals surface area (Å²) in [6.07, 6.45) is 0. The van der Waals surface area contributed by atoms with Crippen LogP contribution in [0.1, 0.15) is 20.8 Å². The first kappa shape index (κ1) is 18.9.